The molecule has 1 N–H and O–H groups in total. The average molecular weight is 225 g/mol. The molecule has 1 amide bonds. The van der Waals surface area contributed by atoms with E-state index in [-0.39, 0.29) is 5.69 Å². The molecule has 1 aromatic heterocycles. The van der Waals surface area contributed by atoms with Gasteiger partial charge in [0, 0.05) is 5.38 Å². The Morgan fingerprint density at radius 1 is 1.67 bits per heavy atom. The fourth-order valence-corrected chi connectivity index (χ4v) is 1.40. The highest BCUT2D eigenvalue weighted by Gasteiger charge is 2.17. The third-order valence-corrected chi connectivity index (χ3v) is 1.98. The fraction of sp³-hybridized carbons (Fsp3) is 0.444. The number of nitrogens with zero attached hydrogens (tertiary/aromatic N) is 2. The van der Waals surface area contributed by atoms with Gasteiger partial charge in [-0.2, -0.15) is 5.26 Å². The number of ether oxygens (including phenoxy) is 1. The van der Waals surface area contributed by atoms with Gasteiger partial charge in [-0.15, -0.1) is 11.3 Å². The molecule has 0 saturated heterocycles. The van der Waals surface area contributed by atoms with Crippen LogP contribution in [-0.2, 0) is 4.74 Å². The minimum atomic E-state index is -0.568. The first-order valence-electron chi connectivity index (χ1n) is 4.26. The first-order chi connectivity index (χ1) is 6.90. The highest BCUT2D eigenvalue weighted by Crippen LogP contribution is 2.16. The van der Waals surface area contributed by atoms with E-state index in [2.05, 4.69) is 10.3 Å². The van der Waals surface area contributed by atoms with Crippen LogP contribution < -0.4 is 5.32 Å². The normalized spacial score (nSPS) is 10.5. The topological polar surface area (TPSA) is 75.0 Å². The summed E-state index contributed by atoms with van der Waals surface area (Å²) in [5.41, 5.74) is -0.259. The maximum atomic E-state index is 11.3. The van der Waals surface area contributed by atoms with Crippen LogP contribution in [0.5, 0.6) is 0 Å². The Morgan fingerprint density at radius 2 is 2.33 bits per heavy atom. The summed E-state index contributed by atoms with van der Waals surface area (Å²) in [5, 5.41) is 12.9. The highest BCUT2D eigenvalue weighted by atomic mass is 32.1. The standard InChI is InChI=1S/C9H11N3O2S/c1-9(2,3)14-8(13)12-7-11-6(4-10)5-15-7/h5H,1-3H3,(H,11,12,13). The predicted molar refractivity (Wildman–Crippen MR) is 56.7 cm³/mol. The van der Waals surface area contributed by atoms with Gasteiger partial charge in [-0.1, -0.05) is 0 Å². The molecule has 0 bridgehead atoms. The van der Waals surface area contributed by atoms with Gasteiger partial charge in [0.1, 0.15) is 11.7 Å². The molecule has 0 aliphatic heterocycles. The van der Waals surface area contributed by atoms with E-state index in [9.17, 15) is 4.79 Å². The summed E-state index contributed by atoms with van der Waals surface area (Å²) in [6.07, 6.45) is -0.568. The molecule has 0 atom stereocenters. The van der Waals surface area contributed by atoms with Crippen LogP contribution in [0.1, 0.15) is 26.5 Å². The van der Waals surface area contributed by atoms with Crippen LogP contribution in [0, 0.1) is 11.3 Å². The van der Waals surface area contributed by atoms with Crippen LogP contribution in [-0.4, -0.2) is 16.7 Å². The van der Waals surface area contributed by atoms with E-state index in [4.69, 9.17) is 10.00 Å². The van der Waals surface area contributed by atoms with Crippen molar-refractivity contribution < 1.29 is 9.53 Å². The van der Waals surface area contributed by atoms with Crippen LogP contribution in [0.3, 0.4) is 0 Å². The number of thiazole rings is 1. The minimum absolute atomic E-state index is 0.283. The summed E-state index contributed by atoms with van der Waals surface area (Å²) in [5.74, 6) is 0. The summed E-state index contributed by atoms with van der Waals surface area (Å²) >= 11 is 1.18. The number of amides is 1. The Labute approximate surface area is 91.7 Å². The van der Waals surface area contributed by atoms with Crippen molar-refractivity contribution in [3.8, 4) is 6.07 Å². The number of rotatable bonds is 1. The molecule has 1 rings (SSSR count). The zero-order valence-corrected chi connectivity index (χ0v) is 9.51. The van der Waals surface area contributed by atoms with Gasteiger partial charge in [0.05, 0.1) is 0 Å². The summed E-state index contributed by atoms with van der Waals surface area (Å²) < 4.78 is 5.02. The van der Waals surface area contributed by atoms with Gasteiger partial charge in [-0.25, -0.2) is 9.78 Å². The largest absolute Gasteiger partial charge is 0.444 e. The van der Waals surface area contributed by atoms with E-state index in [1.165, 1.54) is 11.3 Å². The van der Waals surface area contributed by atoms with Crippen LogP contribution >= 0.6 is 11.3 Å². The molecule has 0 radical (unpaired) electrons. The van der Waals surface area contributed by atoms with Crippen molar-refractivity contribution in [1.29, 1.82) is 5.26 Å². The van der Waals surface area contributed by atoms with Gasteiger partial charge in [0.2, 0.25) is 0 Å². The molecule has 1 aromatic rings. The van der Waals surface area contributed by atoms with E-state index >= 15 is 0 Å². The lowest BCUT2D eigenvalue weighted by Crippen LogP contribution is -2.27. The second-order valence-electron chi connectivity index (χ2n) is 3.78. The molecule has 1 heterocycles. The monoisotopic (exact) mass is 225 g/mol. The van der Waals surface area contributed by atoms with Crippen molar-refractivity contribution in [2.24, 2.45) is 0 Å². The Kier molecular flexibility index (Phi) is 3.27. The molecule has 5 nitrogen and oxygen atoms in total. The summed E-state index contributed by atoms with van der Waals surface area (Å²) in [7, 11) is 0. The number of hydrogen-bond acceptors (Lipinski definition) is 5. The molecule has 0 aliphatic rings. The molecule has 0 unspecified atom stereocenters. The lowest BCUT2D eigenvalue weighted by Gasteiger charge is -2.18. The van der Waals surface area contributed by atoms with Crippen LogP contribution in [0.15, 0.2) is 5.38 Å². The van der Waals surface area contributed by atoms with Crippen LogP contribution in [0.4, 0.5) is 9.93 Å². The molecule has 0 saturated carbocycles. The molecular weight excluding hydrogens is 214 g/mol. The predicted octanol–water partition coefficient (Wildman–Crippen LogP) is 2.36. The molecule has 0 aliphatic carbocycles. The van der Waals surface area contributed by atoms with Gasteiger partial charge >= 0.3 is 6.09 Å². The quantitative estimate of drug-likeness (QED) is 0.796. The van der Waals surface area contributed by atoms with Gasteiger partial charge in [0.25, 0.3) is 0 Å². The number of nitriles is 1. The number of nitrogens with one attached hydrogen (secondary N) is 1. The van der Waals surface area contributed by atoms with Gasteiger partial charge < -0.3 is 4.74 Å². The van der Waals surface area contributed by atoms with E-state index in [0.29, 0.717) is 5.13 Å². The van der Waals surface area contributed by atoms with Gasteiger partial charge in [-0.05, 0) is 20.8 Å². The third kappa shape index (κ3) is 3.95. The van der Waals surface area contributed by atoms with E-state index in [1.54, 1.807) is 26.2 Å². The first-order valence-corrected chi connectivity index (χ1v) is 5.14. The fourth-order valence-electron chi connectivity index (χ4n) is 0.773. The van der Waals surface area contributed by atoms with Crippen molar-refractivity contribution in [2.75, 3.05) is 5.32 Å². The van der Waals surface area contributed by atoms with Crippen LogP contribution in [0.2, 0.25) is 0 Å². The van der Waals surface area contributed by atoms with Crippen LogP contribution in [0.25, 0.3) is 0 Å². The molecule has 6 heteroatoms. The number of carbonyl (C=O) groups excluding carboxylic acids is 1. The molecule has 0 aromatic carbocycles. The van der Waals surface area contributed by atoms with Crippen molar-refractivity contribution in [2.45, 2.75) is 26.4 Å². The second kappa shape index (κ2) is 4.28. The number of anilines is 1. The molecule has 0 spiro atoms. The number of carbonyl (C=O) groups is 1. The third-order valence-electron chi connectivity index (χ3n) is 1.23. The number of hydrogen-bond donors (Lipinski definition) is 1. The summed E-state index contributed by atoms with van der Waals surface area (Å²) in [4.78, 5) is 15.1. The lowest BCUT2D eigenvalue weighted by molar-refractivity contribution is 0.0636. The Morgan fingerprint density at radius 3 is 2.80 bits per heavy atom. The average Bonchev–Trinajstić information content (AvgIpc) is 2.48. The van der Waals surface area contributed by atoms with Crippen molar-refractivity contribution in [3.63, 3.8) is 0 Å². The summed E-state index contributed by atoms with van der Waals surface area (Å²) in [6, 6.07) is 1.88. The molecule has 15 heavy (non-hydrogen) atoms. The van der Waals surface area contributed by atoms with E-state index in [1.807, 2.05) is 6.07 Å². The highest BCUT2D eigenvalue weighted by molar-refractivity contribution is 7.14. The maximum Gasteiger partial charge on any atom is 0.413 e. The zero-order chi connectivity index (χ0) is 11.5. The van der Waals surface area contributed by atoms with Crippen molar-refractivity contribution >= 4 is 22.6 Å². The van der Waals surface area contributed by atoms with Gasteiger partial charge in [0.15, 0.2) is 10.8 Å². The van der Waals surface area contributed by atoms with E-state index in [0.717, 1.165) is 0 Å². The maximum absolute atomic E-state index is 11.3. The number of aromatic nitrogens is 1. The minimum Gasteiger partial charge on any atom is -0.444 e. The van der Waals surface area contributed by atoms with Crippen molar-refractivity contribution in [3.05, 3.63) is 11.1 Å². The van der Waals surface area contributed by atoms with Crippen molar-refractivity contribution in [1.82, 2.24) is 4.98 Å². The first kappa shape index (κ1) is 11.5. The SMILES string of the molecule is CC(C)(C)OC(=O)Nc1nc(C#N)cs1. The molecular formula is C9H11N3O2S. The zero-order valence-electron chi connectivity index (χ0n) is 8.70. The van der Waals surface area contributed by atoms with Gasteiger partial charge in [-0.3, -0.25) is 5.32 Å². The Hall–Kier alpha value is -1.61. The molecule has 0 fully saturated rings. The molecule has 80 valence electrons. The summed E-state index contributed by atoms with van der Waals surface area (Å²) in [6.45, 7) is 5.32. The smallest absolute Gasteiger partial charge is 0.413 e. The van der Waals surface area contributed by atoms with E-state index < -0.39 is 11.7 Å². The Balaban J connectivity index is 2.56. The lowest BCUT2D eigenvalue weighted by atomic mass is 10.2. The Bertz CT molecular complexity index is 400. The second-order valence-corrected chi connectivity index (χ2v) is 4.63.